The van der Waals surface area contributed by atoms with Crippen LogP contribution in [0, 0.1) is 27.7 Å². The molecule has 2 heterocycles. The summed E-state index contributed by atoms with van der Waals surface area (Å²) in [6.45, 7) is 8.65. The van der Waals surface area contributed by atoms with E-state index in [1.54, 1.807) is 0 Å². The first kappa shape index (κ1) is 44.6. The zero-order valence-electron chi connectivity index (χ0n) is 42.0. The second-order valence-corrected chi connectivity index (χ2v) is 19.8. The molecule has 0 atom stereocenters. The zero-order valence-corrected chi connectivity index (χ0v) is 42.0. The van der Waals surface area contributed by atoms with E-state index < -0.39 is 0 Å². The summed E-state index contributed by atoms with van der Waals surface area (Å²) in [6, 6.07) is 93.4. The van der Waals surface area contributed by atoms with Gasteiger partial charge >= 0.3 is 0 Å². The number of rotatable bonds is 10. The monoisotopic (exact) mass is 950 g/mol. The Morgan fingerprint density at radius 1 is 0.230 bits per heavy atom. The van der Waals surface area contributed by atoms with Crippen molar-refractivity contribution in [3.05, 3.63) is 277 Å². The lowest BCUT2D eigenvalue weighted by Gasteiger charge is -2.25. The highest BCUT2D eigenvalue weighted by atomic mass is 15.1. The maximum Gasteiger partial charge on any atom is 0.0548 e. The summed E-state index contributed by atoms with van der Waals surface area (Å²) in [5.74, 6) is 0. The highest BCUT2D eigenvalue weighted by Crippen LogP contribution is 2.42. The van der Waals surface area contributed by atoms with Gasteiger partial charge in [0.15, 0.2) is 0 Å². The minimum atomic E-state index is 1.12. The fourth-order valence-corrected chi connectivity index (χ4v) is 11.0. The molecule has 0 spiro atoms. The van der Waals surface area contributed by atoms with Gasteiger partial charge in [0.1, 0.15) is 0 Å². The third kappa shape index (κ3) is 7.98. The van der Waals surface area contributed by atoms with Crippen LogP contribution in [0.25, 0.3) is 77.2 Å². The molecule has 74 heavy (non-hydrogen) atoms. The molecule has 0 saturated heterocycles. The van der Waals surface area contributed by atoms with E-state index in [2.05, 4.69) is 301 Å². The van der Waals surface area contributed by atoms with Crippen LogP contribution in [0.1, 0.15) is 22.3 Å². The molecule has 0 amide bonds. The van der Waals surface area contributed by atoms with Crippen molar-refractivity contribution in [2.75, 3.05) is 9.80 Å². The fourth-order valence-electron chi connectivity index (χ4n) is 11.0. The van der Waals surface area contributed by atoms with Gasteiger partial charge in [-0.3, -0.25) is 0 Å². The first-order valence-corrected chi connectivity index (χ1v) is 25.6. The fraction of sp³-hybridized carbons (Fsp3) is 0.0571. The molecule has 0 unspecified atom stereocenters. The summed E-state index contributed by atoms with van der Waals surface area (Å²) in [4.78, 5) is 4.63. The molecule has 4 nitrogen and oxygen atoms in total. The lowest BCUT2D eigenvalue weighted by molar-refractivity contribution is 1.17. The van der Waals surface area contributed by atoms with Gasteiger partial charge in [-0.1, -0.05) is 144 Å². The summed E-state index contributed by atoms with van der Waals surface area (Å²) in [6.07, 6.45) is 0. The van der Waals surface area contributed by atoms with Crippen LogP contribution in [0.15, 0.2) is 255 Å². The van der Waals surface area contributed by atoms with Crippen molar-refractivity contribution in [1.82, 2.24) is 9.13 Å². The second-order valence-electron chi connectivity index (χ2n) is 19.8. The molecule has 13 rings (SSSR count). The number of fused-ring (bicyclic) bond motifs is 6. The Kier molecular flexibility index (Phi) is 11.0. The molecule has 354 valence electrons. The Morgan fingerprint density at radius 3 is 0.838 bits per heavy atom. The Hall–Kier alpha value is -9.38. The number of aromatic nitrogens is 2. The normalized spacial score (nSPS) is 11.5. The maximum atomic E-state index is 2.45. The predicted molar refractivity (Wildman–Crippen MR) is 314 cm³/mol. The number of aryl methyl sites for hydroxylation is 4. The molecule has 0 bridgehead atoms. The maximum absolute atomic E-state index is 2.45. The third-order valence-electron chi connectivity index (χ3n) is 14.7. The van der Waals surface area contributed by atoms with E-state index in [1.165, 1.54) is 88.1 Å². The molecule has 0 N–H and O–H groups in total. The molecule has 0 saturated carbocycles. The number of nitrogens with zero attached hydrogens (tertiary/aromatic N) is 4. The Morgan fingerprint density at radius 2 is 0.500 bits per heavy atom. The van der Waals surface area contributed by atoms with Crippen LogP contribution in [-0.4, -0.2) is 9.13 Å². The van der Waals surface area contributed by atoms with Crippen molar-refractivity contribution in [2.45, 2.75) is 27.7 Å². The summed E-state index contributed by atoms with van der Waals surface area (Å²) in [7, 11) is 0. The quantitative estimate of drug-likeness (QED) is 0.136. The van der Waals surface area contributed by atoms with Gasteiger partial charge in [-0.15, -0.1) is 0 Å². The van der Waals surface area contributed by atoms with Crippen molar-refractivity contribution in [3.8, 4) is 33.6 Å². The second kappa shape index (κ2) is 18.3. The molecule has 4 heteroatoms. The van der Waals surface area contributed by atoms with Crippen LogP contribution in [0.4, 0.5) is 34.1 Å². The Balaban J connectivity index is 0.856. The predicted octanol–water partition coefficient (Wildman–Crippen LogP) is 19.4. The molecule has 0 aliphatic rings. The highest BCUT2D eigenvalue weighted by Gasteiger charge is 2.20. The van der Waals surface area contributed by atoms with Crippen molar-refractivity contribution in [1.29, 1.82) is 0 Å². The average Bonchev–Trinajstić information content (AvgIpc) is 3.93. The van der Waals surface area contributed by atoms with E-state index in [1.807, 2.05) is 0 Å². The molecule has 0 aliphatic carbocycles. The van der Waals surface area contributed by atoms with Gasteiger partial charge in [0.05, 0.1) is 22.1 Å². The van der Waals surface area contributed by atoms with E-state index in [9.17, 15) is 0 Å². The van der Waals surface area contributed by atoms with E-state index in [4.69, 9.17) is 0 Å². The molecular weight excluding hydrogens is 897 g/mol. The van der Waals surface area contributed by atoms with Crippen molar-refractivity contribution in [2.24, 2.45) is 0 Å². The van der Waals surface area contributed by atoms with Crippen molar-refractivity contribution in [3.63, 3.8) is 0 Å². The molecule has 0 radical (unpaired) electrons. The summed E-state index contributed by atoms with van der Waals surface area (Å²) < 4.78 is 4.91. The van der Waals surface area contributed by atoms with Crippen LogP contribution < -0.4 is 9.80 Å². The first-order valence-electron chi connectivity index (χ1n) is 25.6. The van der Waals surface area contributed by atoms with Crippen LogP contribution in [-0.2, 0) is 0 Å². The molecule has 13 aromatic rings. The molecule has 2 aromatic heterocycles. The van der Waals surface area contributed by atoms with Gasteiger partial charge in [0.25, 0.3) is 0 Å². The molecule has 11 aromatic carbocycles. The van der Waals surface area contributed by atoms with Gasteiger partial charge in [-0.05, 0) is 183 Å². The third-order valence-corrected chi connectivity index (χ3v) is 14.7. The topological polar surface area (TPSA) is 16.3 Å². The number of hydrogen-bond acceptors (Lipinski definition) is 2. The minimum Gasteiger partial charge on any atom is -0.311 e. The summed E-state index contributed by atoms with van der Waals surface area (Å²) in [5, 5.41) is 4.97. The van der Waals surface area contributed by atoms with E-state index in [0.717, 1.165) is 45.5 Å². The van der Waals surface area contributed by atoms with E-state index in [0.29, 0.717) is 0 Å². The molecule has 0 fully saturated rings. The number of para-hydroxylation sites is 2. The minimum absolute atomic E-state index is 1.12. The van der Waals surface area contributed by atoms with Gasteiger partial charge in [-0.25, -0.2) is 0 Å². The van der Waals surface area contributed by atoms with Crippen LogP contribution in [0.3, 0.4) is 0 Å². The molecule has 0 aliphatic heterocycles. The smallest absolute Gasteiger partial charge is 0.0548 e. The van der Waals surface area contributed by atoms with Crippen molar-refractivity contribution < 1.29 is 0 Å². The highest BCUT2D eigenvalue weighted by molar-refractivity contribution is 6.19. The lowest BCUT2D eigenvalue weighted by Crippen LogP contribution is -2.09. The van der Waals surface area contributed by atoms with Gasteiger partial charge in [-0.2, -0.15) is 0 Å². The average molecular weight is 951 g/mol. The largest absolute Gasteiger partial charge is 0.311 e. The number of anilines is 6. The van der Waals surface area contributed by atoms with Crippen LogP contribution in [0.5, 0.6) is 0 Å². The standard InChI is InChI=1S/C70H54N4/c1-47-15-29-57(30-16-47)71(55-11-7-5-8-12-55)59-33-21-51(22-34-59)53-25-37-61(38-26-53)73-67-41-19-49(3)43-63(67)65-46-70-66(45-69(65)73)64-44-50(4)20-42-68(64)74(70)62-39-27-54(28-40-62)52-23-35-60(36-24-52)72(56-13-9-6-10-14-56)58-31-17-48(2)18-32-58/h5-46H,1-4H3. The van der Waals surface area contributed by atoms with Crippen LogP contribution >= 0.6 is 0 Å². The SMILES string of the molecule is Cc1ccc(N(c2ccccc2)c2ccc(-c3ccc(-n4c5ccc(C)cc5c5cc6c(cc54)c4cc(C)ccc4n6-c4ccc(-c5ccc(N(c6ccccc6)c6ccc(C)cc6)cc5)cc4)cc3)cc2)cc1. The molecular formula is C70H54N4. The van der Waals surface area contributed by atoms with Crippen LogP contribution in [0.2, 0.25) is 0 Å². The van der Waals surface area contributed by atoms with Gasteiger partial charge < -0.3 is 18.9 Å². The van der Waals surface area contributed by atoms with Gasteiger partial charge in [0, 0.05) is 67.0 Å². The zero-order chi connectivity index (χ0) is 49.9. The van der Waals surface area contributed by atoms with E-state index in [-0.39, 0.29) is 0 Å². The number of benzene rings is 11. The summed E-state index contributed by atoms with van der Waals surface area (Å²) in [5.41, 5.74) is 23.5. The Bertz CT molecular complexity index is 3880. The van der Waals surface area contributed by atoms with E-state index >= 15 is 0 Å². The summed E-state index contributed by atoms with van der Waals surface area (Å²) >= 11 is 0. The van der Waals surface area contributed by atoms with Crippen molar-refractivity contribution >= 4 is 77.7 Å². The first-order chi connectivity index (χ1) is 36.3. The number of hydrogen-bond donors (Lipinski definition) is 0. The lowest BCUT2D eigenvalue weighted by atomic mass is 10.0. The Labute approximate surface area is 432 Å². The van der Waals surface area contributed by atoms with Gasteiger partial charge in [0.2, 0.25) is 0 Å².